The summed E-state index contributed by atoms with van der Waals surface area (Å²) in [5.74, 6) is 0.576. The van der Waals surface area contributed by atoms with Crippen molar-refractivity contribution in [3.63, 3.8) is 0 Å². The molecule has 1 amide bonds. The molecule has 0 atom stereocenters. The number of carbonyl (C=O) groups is 1. The van der Waals surface area contributed by atoms with Crippen molar-refractivity contribution in [2.75, 3.05) is 5.32 Å². The predicted molar refractivity (Wildman–Crippen MR) is 116 cm³/mol. The molecule has 2 aromatic carbocycles. The highest BCUT2D eigenvalue weighted by atomic mass is 127. The molecular formula is C18H13ClIN5OS. The molecule has 2 aromatic heterocycles. The van der Waals surface area contributed by atoms with Crippen LogP contribution in [0, 0.1) is 3.57 Å². The lowest BCUT2D eigenvalue weighted by atomic mass is 10.2. The first-order valence-corrected chi connectivity index (χ1v) is 10.4. The summed E-state index contributed by atoms with van der Waals surface area (Å²) in [5, 5.41) is 17.0. The van der Waals surface area contributed by atoms with Crippen LogP contribution in [-0.2, 0) is 6.42 Å². The minimum absolute atomic E-state index is 0.248. The van der Waals surface area contributed by atoms with Crippen molar-refractivity contribution >= 4 is 62.1 Å². The summed E-state index contributed by atoms with van der Waals surface area (Å²) in [6, 6.07) is 12.9. The summed E-state index contributed by atoms with van der Waals surface area (Å²) in [6.07, 6.45) is 0.761. The van der Waals surface area contributed by atoms with Gasteiger partial charge in [-0.2, -0.15) is 9.61 Å². The fourth-order valence-electron chi connectivity index (χ4n) is 2.59. The number of aryl methyl sites for hydroxylation is 1. The molecule has 1 N–H and O–H groups in total. The Kier molecular flexibility index (Phi) is 5.11. The van der Waals surface area contributed by atoms with Crippen molar-refractivity contribution < 1.29 is 4.79 Å². The molecule has 0 aliphatic heterocycles. The number of amides is 1. The Morgan fingerprint density at radius 1 is 1.26 bits per heavy atom. The van der Waals surface area contributed by atoms with Crippen LogP contribution in [0.3, 0.4) is 0 Å². The van der Waals surface area contributed by atoms with Crippen LogP contribution in [0.1, 0.15) is 23.1 Å². The Morgan fingerprint density at radius 3 is 2.93 bits per heavy atom. The van der Waals surface area contributed by atoms with E-state index in [9.17, 15) is 4.79 Å². The number of hydrogen-bond acceptors (Lipinski definition) is 5. The van der Waals surface area contributed by atoms with Gasteiger partial charge in [0.1, 0.15) is 5.01 Å². The van der Waals surface area contributed by atoms with Gasteiger partial charge in [-0.15, -0.1) is 10.2 Å². The summed E-state index contributed by atoms with van der Waals surface area (Å²) < 4.78 is 2.71. The number of aromatic nitrogens is 4. The van der Waals surface area contributed by atoms with Crippen LogP contribution in [0.2, 0.25) is 5.02 Å². The van der Waals surface area contributed by atoms with Crippen LogP contribution in [-0.4, -0.2) is 25.7 Å². The topological polar surface area (TPSA) is 72.2 Å². The van der Waals surface area contributed by atoms with Crippen LogP contribution < -0.4 is 5.32 Å². The van der Waals surface area contributed by atoms with Gasteiger partial charge in [0.25, 0.3) is 5.91 Å². The van der Waals surface area contributed by atoms with Gasteiger partial charge in [-0.3, -0.25) is 4.79 Å². The number of anilines is 1. The number of carbonyl (C=O) groups excluding carboxylic acids is 1. The van der Waals surface area contributed by atoms with Gasteiger partial charge in [-0.25, -0.2) is 0 Å². The van der Waals surface area contributed by atoms with E-state index in [0.29, 0.717) is 16.3 Å². The normalized spacial score (nSPS) is 11.1. The Labute approximate surface area is 177 Å². The van der Waals surface area contributed by atoms with E-state index in [-0.39, 0.29) is 5.91 Å². The van der Waals surface area contributed by atoms with Crippen molar-refractivity contribution in [1.29, 1.82) is 0 Å². The molecule has 6 nitrogen and oxygen atoms in total. The quantitative estimate of drug-likeness (QED) is 0.396. The summed E-state index contributed by atoms with van der Waals surface area (Å²) in [4.78, 5) is 13.3. The minimum atomic E-state index is -0.248. The third kappa shape index (κ3) is 3.69. The zero-order valence-electron chi connectivity index (χ0n) is 14.1. The number of hydrogen-bond donors (Lipinski definition) is 1. The maximum atomic E-state index is 12.6. The number of fused-ring (bicyclic) bond motifs is 1. The molecule has 0 aliphatic rings. The van der Waals surface area contributed by atoms with Gasteiger partial charge in [-0.1, -0.05) is 42.0 Å². The van der Waals surface area contributed by atoms with Gasteiger partial charge in [0, 0.05) is 21.2 Å². The van der Waals surface area contributed by atoms with Crippen LogP contribution in [0.5, 0.6) is 0 Å². The Hall–Kier alpha value is -2.04. The first-order chi connectivity index (χ1) is 13.0. The third-order valence-electron chi connectivity index (χ3n) is 3.91. The maximum Gasteiger partial charge on any atom is 0.257 e. The van der Waals surface area contributed by atoms with Crippen LogP contribution in [0.15, 0.2) is 42.5 Å². The van der Waals surface area contributed by atoms with Gasteiger partial charge in [-0.05, 0) is 52.9 Å². The lowest BCUT2D eigenvalue weighted by molar-refractivity contribution is 0.102. The molecule has 0 spiro atoms. The van der Waals surface area contributed by atoms with Gasteiger partial charge >= 0.3 is 0 Å². The Bertz CT molecular complexity index is 1160. The highest BCUT2D eigenvalue weighted by Crippen LogP contribution is 2.28. The van der Waals surface area contributed by atoms with Crippen molar-refractivity contribution in [3.8, 4) is 10.6 Å². The molecule has 4 rings (SSSR count). The first-order valence-electron chi connectivity index (χ1n) is 8.13. The van der Waals surface area contributed by atoms with E-state index in [4.69, 9.17) is 11.6 Å². The second kappa shape index (κ2) is 7.53. The Balaban J connectivity index is 1.62. The molecule has 0 radical (unpaired) electrons. The van der Waals surface area contributed by atoms with Crippen molar-refractivity contribution in [1.82, 2.24) is 19.8 Å². The Morgan fingerprint density at radius 2 is 2.11 bits per heavy atom. The molecular weight excluding hydrogens is 497 g/mol. The molecule has 0 saturated heterocycles. The lowest BCUT2D eigenvalue weighted by Crippen LogP contribution is -2.12. The summed E-state index contributed by atoms with van der Waals surface area (Å²) in [6.45, 7) is 2.02. The van der Waals surface area contributed by atoms with E-state index < -0.39 is 0 Å². The largest absolute Gasteiger partial charge is 0.322 e. The summed E-state index contributed by atoms with van der Waals surface area (Å²) in [7, 11) is 0. The monoisotopic (exact) mass is 509 g/mol. The van der Waals surface area contributed by atoms with Gasteiger partial charge in [0.05, 0.1) is 10.6 Å². The van der Waals surface area contributed by atoms with E-state index in [1.165, 1.54) is 11.3 Å². The van der Waals surface area contributed by atoms with Crippen molar-refractivity contribution in [3.05, 3.63) is 62.4 Å². The van der Waals surface area contributed by atoms with E-state index in [2.05, 4.69) is 43.2 Å². The molecule has 9 heteroatoms. The standard InChI is InChI=1S/C18H13ClIN5OS/c1-2-15-22-23-18-25(15)24-17(27-18)10-4-3-5-12(8-10)21-16(26)13-9-11(20)6-7-14(13)19/h3-9H,2H2,1H3,(H,21,26). The van der Waals surface area contributed by atoms with E-state index in [0.717, 1.165) is 31.3 Å². The second-order valence-electron chi connectivity index (χ2n) is 5.73. The molecule has 136 valence electrons. The molecule has 27 heavy (non-hydrogen) atoms. The van der Waals surface area contributed by atoms with Gasteiger partial charge < -0.3 is 5.32 Å². The average molecular weight is 510 g/mol. The number of nitrogens with one attached hydrogen (secondary N) is 1. The zero-order chi connectivity index (χ0) is 19.0. The molecule has 4 aromatic rings. The highest BCUT2D eigenvalue weighted by Gasteiger charge is 2.14. The summed E-state index contributed by atoms with van der Waals surface area (Å²) in [5.41, 5.74) is 2.02. The lowest BCUT2D eigenvalue weighted by Gasteiger charge is -2.08. The molecule has 0 aliphatic carbocycles. The van der Waals surface area contributed by atoms with Crippen LogP contribution in [0.25, 0.3) is 15.5 Å². The molecule has 0 fully saturated rings. The highest BCUT2D eigenvalue weighted by molar-refractivity contribution is 14.1. The van der Waals surface area contributed by atoms with Crippen molar-refractivity contribution in [2.24, 2.45) is 0 Å². The van der Waals surface area contributed by atoms with Crippen LogP contribution >= 0.6 is 45.5 Å². The van der Waals surface area contributed by atoms with E-state index >= 15 is 0 Å². The third-order valence-corrected chi connectivity index (χ3v) is 5.86. The molecule has 0 bridgehead atoms. The number of nitrogens with zero attached hydrogens (tertiary/aromatic N) is 4. The second-order valence-corrected chi connectivity index (χ2v) is 8.34. The fraction of sp³-hybridized carbons (Fsp3) is 0.111. The summed E-state index contributed by atoms with van der Waals surface area (Å²) >= 11 is 9.77. The van der Waals surface area contributed by atoms with Gasteiger partial charge in [0.15, 0.2) is 5.82 Å². The van der Waals surface area contributed by atoms with Gasteiger partial charge in [0.2, 0.25) is 4.96 Å². The first kappa shape index (κ1) is 18.3. The smallest absolute Gasteiger partial charge is 0.257 e. The van der Waals surface area contributed by atoms with Crippen LogP contribution in [0.4, 0.5) is 5.69 Å². The molecule has 0 saturated carbocycles. The fourth-order valence-corrected chi connectivity index (χ4v) is 4.14. The maximum absolute atomic E-state index is 12.6. The van der Waals surface area contributed by atoms with E-state index in [1.807, 2.05) is 37.3 Å². The average Bonchev–Trinajstić information content (AvgIpc) is 3.24. The molecule has 0 unspecified atom stereocenters. The number of halogens is 2. The zero-order valence-corrected chi connectivity index (χ0v) is 17.8. The SMILES string of the molecule is CCc1nnc2sc(-c3cccc(NC(=O)c4cc(I)ccc4Cl)c3)nn12. The number of benzene rings is 2. The number of rotatable bonds is 4. The predicted octanol–water partition coefficient (Wildman–Crippen LogP) is 4.93. The molecule has 2 heterocycles. The van der Waals surface area contributed by atoms with E-state index in [1.54, 1.807) is 16.6 Å². The van der Waals surface area contributed by atoms with Crippen molar-refractivity contribution in [2.45, 2.75) is 13.3 Å². The minimum Gasteiger partial charge on any atom is -0.322 e.